The van der Waals surface area contributed by atoms with Crippen molar-refractivity contribution in [3.63, 3.8) is 0 Å². The molecule has 0 bridgehead atoms. The van der Waals surface area contributed by atoms with E-state index in [0.29, 0.717) is 0 Å². The Labute approximate surface area is 259 Å². The average Bonchev–Trinajstić information content (AvgIpc) is 3.78. The number of furan rings is 1. The lowest BCUT2D eigenvalue weighted by atomic mass is 9.81. The molecule has 0 radical (unpaired) electrons. The molecule has 0 aliphatic heterocycles. The third-order valence-electron chi connectivity index (χ3n) is 10.7. The topological polar surface area (TPSA) is 18.1 Å². The second kappa shape index (κ2) is 7.91. The summed E-state index contributed by atoms with van der Waals surface area (Å²) in [6.07, 6.45) is 0. The van der Waals surface area contributed by atoms with Crippen molar-refractivity contribution in [3.05, 3.63) is 139 Å². The maximum atomic E-state index is 6.87. The molecule has 7 aromatic carbocycles. The number of hydrogen-bond acceptors (Lipinski definition) is 1. The van der Waals surface area contributed by atoms with Crippen LogP contribution in [0.3, 0.4) is 0 Å². The van der Waals surface area contributed by atoms with E-state index in [4.69, 9.17) is 4.42 Å². The van der Waals surface area contributed by atoms with Gasteiger partial charge in [-0.2, -0.15) is 0 Å². The molecular weight excluding hydrogens is 546 g/mol. The van der Waals surface area contributed by atoms with Crippen molar-refractivity contribution in [2.45, 2.75) is 19.3 Å². The molecule has 11 rings (SSSR count). The van der Waals surface area contributed by atoms with Gasteiger partial charge in [-0.05, 0) is 57.0 Å². The molecule has 2 heteroatoms. The van der Waals surface area contributed by atoms with Gasteiger partial charge in [0.1, 0.15) is 11.2 Å². The van der Waals surface area contributed by atoms with Crippen LogP contribution in [0.4, 0.5) is 0 Å². The average molecular weight is 574 g/mol. The molecule has 0 N–H and O–H groups in total. The van der Waals surface area contributed by atoms with Crippen LogP contribution in [-0.4, -0.2) is 4.57 Å². The molecule has 0 atom stereocenters. The van der Waals surface area contributed by atoms with Crippen LogP contribution in [0.25, 0.3) is 93.6 Å². The first-order valence-electron chi connectivity index (χ1n) is 15.8. The quantitative estimate of drug-likeness (QED) is 0.191. The van der Waals surface area contributed by atoms with Crippen LogP contribution in [0.1, 0.15) is 25.0 Å². The van der Waals surface area contributed by atoms with Crippen LogP contribution in [0, 0.1) is 0 Å². The zero-order valence-corrected chi connectivity index (χ0v) is 25.0. The molecular formula is C43H27NO. The summed E-state index contributed by atoms with van der Waals surface area (Å²) in [7, 11) is 0. The fraction of sp³-hybridized carbons (Fsp3) is 0.0698. The number of rotatable bonds is 1. The molecule has 0 unspecified atom stereocenters. The van der Waals surface area contributed by atoms with Crippen LogP contribution in [0.2, 0.25) is 0 Å². The van der Waals surface area contributed by atoms with E-state index in [0.717, 1.165) is 11.2 Å². The predicted octanol–water partition coefficient (Wildman–Crippen LogP) is 11.8. The molecule has 2 aliphatic rings. The van der Waals surface area contributed by atoms with Crippen molar-refractivity contribution in [3.8, 4) is 39.1 Å². The number of benzene rings is 7. The van der Waals surface area contributed by atoms with Gasteiger partial charge in [-0.15, -0.1) is 0 Å². The molecule has 0 fully saturated rings. The van der Waals surface area contributed by atoms with Gasteiger partial charge in [-0.25, -0.2) is 0 Å². The van der Waals surface area contributed by atoms with Crippen molar-refractivity contribution in [1.29, 1.82) is 0 Å². The lowest BCUT2D eigenvalue weighted by molar-refractivity contribution is 0.620. The highest BCUT2D eigenvalue weighted by atomic mass is 16.3. The van der Waals surface area contributed by atoms with E-state index < -0.39 is 0 Å². The van der Waals surface area contributed by atoms with E-state index in [1.165, 1.54) is 93.5 Å². The summed E-state index contributed by atoms with van der Waals surface area (Å²) >= 11 is 0. The summed E-state index contributed by atoms with van der Waals surface area (Å²) < 4.78 is 9.43. The molecule has 2 heterocycles. The van der Waals surface area contributed by atoms with E-state index in [1.807, 2.05) is 0 Å². The number of nitrogens with zero attached hydrogens (tertiary/aromatic N) is 1. The van der Waals surface area contributed by atoms with Gasteiger partial charge in [0.05, 0.1) is 16.7 Å². The Morgan fingerprint density at radius 1 is 0.511 bits per heavy atom. The highest BCUT2D eigenvalue weighted by Crippen LogP contribution is 2.58. The standard InChI is InChI=1S/C43H27NO/c1-43(2)32-19-8-5-14-28(32)39-40(43)42-38(31-16-7-10-21-35(31)45-42)37-30-15-6-9-20-33(30)44(41(37)39)34-23-22-27-25-13-4-3-12-24(25)26-17-11-18-29(34)36(26)27/h3-23H,1-2H3. The molecule has 2 nitrogen and oxygen atoms in total. The van der Waals surface area contributed by atoms with E-state index in [2.05, 4.69) is 146 Å². The molecule has 210 valence electrons. The van der Waals surface area contributed by atoms with Crippen molar-refractivity contribution < 1.29 is 4.42 Å². The Kier molecular flexibility index (Phi) is 4.19. The molecule has 0 saturated carbocycles. The van der Waals surface area contributed by atoms with Crippen LogP contribution < -0.4 is 0 Å². The number of hydrogen-bond donors (Lipinski definition) is 0. The smallest absolute Gasteiger partial charge is 0.140 e. The van der Waals surface area contributed by atoms with Gasteiger partial charge in [0, 0.05) is 43.5 Å². The third kappa shape index (κ3) is 2.70. The summed E-state index contributed by atoms with van der Waals surface area (Å²) in [5.41, 5.74) is 15.9. The first-order valence-corrected chi connectivity index (χ1v) is 15.8. The van der Waals surface area contributed by atoms with E-state index >= 15 is 0 Å². The fourth-order valence-corrected chi connectivity index (χ4v) is 8.91. The first-order chi connectivity index (χ1) is 22.1. The first kappa shape index (κ1) is 23.8. The molecule has 2 aromatic heterocycles. The minimum atomic E-state index is -0.225. The largest absolute Gasteiger partial charge is 0.456 e. The molecule has 9 aromatic rings. The van der Waals surface area contributed by atoms with Crippen LogP contribution >= 0.6 is 0 Å². The zero-order valence-electron chi connectivity index (χ0n) is 25.0. The highest BCUT2D eigenvalue weighted by Gasteiger charge is 2.41. The lowest BCUT2D eigenvalue weighted by Gasteiger charge is -2.22. The second-order valence-electron chi connectivity index (χ2n) is 13.2. The van der Waals surface area contributed by atoms with Gasteiger partial charge >= 0.3 is 0 Å². The van der Waals surface area contributed by atoms with Crippen molar-refractivity contribution >= 4 is 54.5 Å². The van der Waals surface area contributed by atoms with Crippen molar-refractivity contribution in [1.82, 2.24) is 4.57 Å². The van der Waals surface area contributed by atoms with Gasteiger partial charge in [-0.1, -0.05) is 123 Å². The Bertz CT molecular complexity index is 2760. The summed E-state index contributed by atoms with van der Waals surface area (Å²) in [6.45, 7) is 4.72. The Morgan fingerprint density at radius 2 is 1.16 bits per heavy atom. The van der Waals surface area contributed by atoms with Crippen molar-refractivity contribution in [2.24, 2.45) is 0 Å². The predicted molar refractivity (Wildman–Crippen MR) is 188 cm³/mol. The van der Waals surface area contributed by atoms with Crippen LogP contribution in [0.15, 0.2) is 132 Å². The summed E-state index contributed by atoms with van der Waals surface area (Å²) in [4.78, 5) is 0. The van der Waals surface area contributed by atoms with E-state index in [1.54, 1.807) is 0 Å². The van der Waals surface area contributed by atoms with Gasteiger partial charge in [0.2, 0.25) is 0 Å². The molecule has 0 amide bonds. The van der Waals surface area contributed by atoms with E-state index in [-0.39, 0.29) is 5.41 Å². The minimum Gasteiger partial charge on any atom is -0.456 e. The lowest BCUT2D eigenvalue weighted by Crippen LogP contribution is -2.15. The summed E-state index contributed by atoms with van der Waals surface area (Å²) in [5, 5.41) is 7.53. The summed E-state index contributed by atoms with van der Waals surface area (Å²) in [5.74, 6) is 0. The van der Waals surface area contributed by atoms with Crippen LogP contribution in [-0.2, 0) is 5.41 Å². The molecule has 0 spiro atoms. The fourth-order valence-electron chi connectivity index (χ4n) is 8.91. The Balaban J connectivity index is 1.42. The Morgan fingerprint density at radius 3 is 2.00 bits per heavy atom. The normalized spacial score (nSPS) is 14.2. The van der Waals surface area contributed by atoms with Crippen LogP contribution in [0.5, 0.6) is 0 Å². The van der Waals surface area contributed by atoms with Gasteiger partial charge in [-0.3, -0.25) is 0 Å². The minimum absolute atomic E-state index is 0.225. The SMILES string of the molecule is CC1(C)c2ccccc2-c2c1c1oc3ccccc3c1c1c3ccccc3n(-c3ccc4c5c(cccc35)-c3ccccc3-4)c21. The maximum Gasteiger partial charge on any atom is 0.140 e. The van der Waals surface area contributed by atoms with E-state index in [9.17, 15) is 0 Å². The summed E-state index contributed by atoms with van der Waals surface area (Å²) in [6, 6.07) is 46.8. The molecule has 0 saturated heterocycles. The third-order valence-corrected chi connectivity index (χ3v) is 10.7. The molecule has 45 heavy (non-hydrogen) atoms. The van der Waals surface area contributed by atoms with Gasteiger partial charge < -0.3 is 8.98 Å². The van der Waals surface area contributed by atoms with Crippen molar-refractivity contribution in [2.75, 3.05) is 0 Å². The van der Waals surface area contributed by atoms with Gasteiger partial charge in [0.25, 0.3) is 0 Å². The van der Waals surface area contributed by atoms with Gasteiger partial charge in [0.15, 0.2) is 0 Å². The monoisotopic (exact) mass is 573 g/mol. The second-order valence-corrected chi connectivity index (χ2v) is 13.2. The number of fused-ring (bicyclic) bond motifs is 15. The maximum absolute atomic E-state index is 6.87. The zero-order chi connectivity index (χ0) is 29.6. The Hall–Kier alpha value is -5.60. The number of aromatic nitrogens is 1. The number of para-hydroxylation sites is 2. The highest BCUT2D eigenvalue weighted by molar-refractivity contribution is 6.32. The molecule has 2 aliphatic carbocycles.